The van der Waals surface area contributed by atoms with E-state index in [-0.39, 0.29) is 10.6 Å². The van der Waals surface area contributed by atoms with E-state index in [1.165, 1.54) is 16.8 Å². The number of nitrogens with zero attached hydrogens (tertiary/aromatic N) is 3. The zero-order valence-corrected chi connectivity index (χ0v) is 10.1. The monoisotopic (exact) mass is 252 g/mol. The van der Waals surface area contributed by atoms with Crippen molar-refractivity contribution in [2.75, 3.05) is 5.73 Å². The lowest BCUT2D eigenvalue weighted by atomic mass is 10.3. The summed E-state index contributed by atoms with van der Waals surface area (Å²) < 4.78 is 25.5. The van der Waals surface area contributed by atoms with E-state index in [1.807, 2.05) is 0 Å². The summed E-state index contributed by atoms with van der Waals surface area (Å²) in [6.45, 7) is 0. The first-order valence-electron chi connectivity index (χ1n) is 4.91. The quantitative estimate of drug-likeness (QED) is 0.797. The average molecular weight is 252 g/mol. The fraction of sp³-hybridized carbons (Fsp3) is 0.200. The van der Waals surface area contributed by atoms with E-state index < -0.39 is 9.84 Å². The number of nitrogens with two attached hydrogens (primary N) is 1. The summed E-state index contributed by atoms with van der Waals surface area (Å²) >= 11 is 0. The van der Waals surface area contributed by atoms with Crippen LogP contribution in [0.25, 0.3) is 0 Å². The molecule has 1 aromatic carbocycles. The average Bonchev–Trinajstić information content (AvgIpc) is 2.63. The van der Waals surface area contributed by atoms with Crippen LogP contribution in [0.1, 0.15) is 5.69 Å². The Balaban J connectivity index is 2.31. The topological polar surface area (TPSA) is 90.9 Å². The van der Waals surface area contributed by atoms with Crippen LogP contribution in [0.15, 0.2) is 35.4 Å². The Labute approximate surface area is 99.0 Å². The summed E-state index contributed by atoms with van der Waals surface area (Å²) in [4.78, 5) is 0.197. The van der Waals surface area contributed by atoms with E-state index >= 15 is 0 Å². The molecule has 17 heavy (non-hydrogen) atoms. The molecule has 0 radical (unpaired) electrons. The highest BCUT2D eigenvalue weighted by molar-refractivity contribution is 7.90. The smallest absolute Gasteiger partial charge is 0.184 e. The van der Waals surface area contributed by atoms with Gasteiger partial charge in [0.25, 0.3) is 0 Å². The number of rotatable bonds is 3. The van der Waals surface area contributed by atoms with Gasteiger partial charge in [0.1, 0.15) is 5.75 Å². The van der Waals surface area contributed by atoms with Crippen molar-refractivity contribution in [1.29, 1.82) is 0 Å². The van der Waals surface area contributed by atoms with Gasteiger partial charge < -0.3 is 5.73 Å². The number of aryl methyl sites for hydroxylation is 1. The molecule has 7 heteroatoms. The third-order valence-corrected chi connectivity index (χ3v) is 3.85. The number of aromatic nitrogens is 3. The van der Waals surface area contributed by atoms with Crippen LogP contribution in [0.2, 0.25) is 0 Å². The molecule has 2 N–H and O–H groups in total. The normalized spacial score (nSPS) is 11.6. The zero-order valence-electron chi connectivity index (χ0n) is 9.24. The van der Waals surface area contributed by atoms with Crippen molar-refractivity contribution >= 4 is 15.5 Å². The summed E-state index contributed by atoms with van der Waals surface area (Å²) in [5.41, 5.74) is 6.39. The molecule has 1 aromatic heterocycles. The van der Waals surface area contributed by atoms with Gasteiger partial charge in [0.2, 0.25) is 0 Å². The van der Waals surface area contributed by atoms with Crippen LogP contribution in [0.4, 0.5) is 5.69 Å². The van der Waals surface area contributed by atoms with E-state index in [1.54, 1.807) is 25.4 Å². The summed E-state index contributed by atoms with van der Waals surface area (Å²) in [6.07, 6.45) is 1.57. The lowest BCUT2D eigenvalue weighted by molar-refractivity contribution is 0.594. The maximum atomic E-state index is 12.0. The lowest BCUT2D eigenvalue weighted by Gasteiger charge is -2.02. The second-order valence-electron chi connectivity index (χ2n) is 3.72. The van der Waals surface area contributed by atoms with Crippen LogP contribution in [0.3, 0.4) is 0 Å². The molecular formula is C10H12N4O2S. The van der Waals surface area contributed by atoms with Crippen molar-refractivity contribution < 1.29 is 8.42 Å². The van der Waals surface area contributed by atoms with Crippen LogP contribution < -0.4 is 5.73 Å². The van der Waals surface area contributed by atoms with Gasteiger partial charge in [0, 0.05) is 18.9 Å². The first kappa shape index (κ1) is 11.6. The van der Waals surface area contributed by atoms with Crippen LogP contribution in [0.5, 0.6) is 0 Å². The minimum Gasteiger partial charge on any atom is -0.399 e. The van der Waals surface area contributed by atoms with E-state index in [0.29, 0.717) is 11.4 Å². The van der Waals surface area contributed by atoms with Crippen molar-refractivity contribution in [3.05, 3.63) is 36.2 Å². The number of hydrogen-bond acceptors (Lipinski definition) is 5. The Morgan fingerprint density at radius 2 is 2.18 bits per heavy atom. The van der Waals surface area contributed by atoms with Crippen molar-refractivity contribution in [3.8, 4) is 0 Å². The van der Waals surface area contributed by atoms with E-state index in [4.69, 9.17) is 5.73 Å². The number of sulfone groups is 1. The Morgan fingerprint density at radius 3 is 2.76 bits per heavy atom. The second kappa shape index (κ2) is 4.17. The van der Waals surface area contributed by atoms with Crippen molar-refractivity contribution in [1.82, 2.24) is 15.0 Å². The maximum absolute atomic E-state index is 12.0. The molecule has 0 spiro atoms. The number of benzene rings is 1. The SMILES string of the molecule is Cn1cc(CS(=O)(=O)c2cccc(N)c2)nn1. The molecule has 0 bridgehead atoms. The molecule has 0 unspecified atom stereocenters. The zero-order chi connectivity index (χ0) is 12.5. The first-order valence-corrected chi connectivity index (χ1v) is 6.56. The molecule has 0 fully saturated rings. The third kappa shape index (κ3) is 2.62. The van der Waals surface area contributed by atoms with Crippen molar-refractivity contribution in [2.24, 2.45) is 7.05 Å². The van der Waals surface area contributed by atoms with Crippen LogP contribution >= 0.6 is 0 Å². The van der Waals surface area contributed by atoms with Gasteiger partial charge in [0.15, 0.2) is 9.84 Å². The minimum absolute atomic E-state index is 0.176. The molecule has 6 nitrogen and oxygen atoms in total. The van der Waals surface area contributed by atoms with Gasteiger partial charge in [-0.25, -0.2) is 8.42 Å². The highest BCUT2D eigenvalue weighted by Gasteiger charge is 2.17. The van der Waals surface area contributed by atoms with Gasteiger partial charge >= 0.3 is 0 Å². The lowest BCUT2D eigenvalue weighted by Crippen LogP contribution is -2.05. The molecule has 0 atom stereocenters. The van der Waals surface area contributed by atoms with Crippen molar-refractivity contribution in [2.45, 2.75) is 10.6 Å². The maximum Gasteiger partial charge on any atom is 0.184 e. The molecule has 0 aliphatic heterocycles. The van der Waals surface area contributed by atoms with E-state index in [2.05, 4.69) is 10.3 Å². The molecule has 0 aliphatic carbocycles. The van der Waals surface area contributed by atoms with Gasteiger partial charge in [-0.05, 0) is 18.2 Å². The first-order chi connectivity index (χ1) is 7.97. The summed E-state index contributed by atoms with van der Waals surface area (Å²) in [5.74, 6) is -0.176. The molecule has 0 amide bonds. The Kier molecular flexibility index (Phi) is 2.84. The summed E-state index contributed by atoms with van der Waals surface area (Å²) in [7, 11) is -1.73. The second-order valence-corrected chi connectivity index (χ2v) is 5.70. The minimum atomic E-state index is -3.42. The van der Waals surface area contributed by atoms with Gasteiger partial charge in [0.05, 0.1) is 10.6 Å². The fourth-order valence-corrected chi connectivity index (χ4v) is 2.74. The third-order valence-electron chi connectivity index (χ3n) is 2.21. The van der Waals surface area contributed by atoms with Crippen LogP contribution in [-0.4, -0.2) is 23.4 Å². The Bertz CT molecular complexity index is 633. The number of anilines is 1. The van der Waals surface area contributed by atoms with E-state index in [9.17, 15) is 8.42 Å². The Morgan fingerprint density at radius 1 is 1.41 bits per heavy atom. The van der Waals surface area contributed by atoms with Crippen LogP contribution in [-0.2, 0) is 22.6 Å². The summed E-state index contributed by atoms with van der Waals surface area (Å²) in [6, 6.07) is 6.20. The predicted molar refractivity (Wildman–Crippen MR) is 62.7 cm³/mol. The largest absolute Gasteiger partial charge is 0.399 e. The van der Waals surface area contributed by atoms with Gasteiger partial charge in [-0.1, -0.05) is 11.3 Å². The van der Waals surface area contributed by atoms with Gasteiger partial charge in [-0.3, -0.25) is 4.68 Å². The molecule has 90 valence electrons. The molecule has 0 saturated carbocycles. The van der Waals surface area contributed by atoms with E-state index in [0.717, 1.165) is 0 Å². The molecule has 1 heterocycles. The standard InChI is InChI=1S/C10H12N4O2S/c1-14-6-9(12-13-14)7-17(15,16)10-4-2-3-8(11)5-10/h2-6H,7,11H2,1H3. The Hall–Kier alpha value is -1.89. The highest BCUT2D eigenvalue weighted by Crippen LogP contribution is 2.17. The molecular weight excluding hydrogens is 240 g/mol. The number of hydrogen-bond donors (Lipinski definition) is 1. The summed E-state index contributed by atoms with van der Waals surface area (Å²) in [5, 5.41) is 7.44. The number of nitrogen functional groups attached to an aromatic ring is 1. The van der Waals surface area contributed by atoms with Gasteiger partial charge in [-0.2, -0.15) is 0 Å². The molecule has 0 aliphatic rings. The fourth-order valence-electron chi connectivity index (χ4n) is 1.45. The van der Waals surface area contributed by atoms with Gasteiger partial charge in [-0.15, -0.1) is 5.10 Å². The molecule has 2 aromatic rings. The molecule has 2 rings (SSSR count). The van der Waals surface area contributed by atoms with Crippen molar-refractivity contribution in [3.63, 3.8) is 0 Å². The predicted octanol–water partition coefficient (Wildman–Crippen LogP) is 0.371. The van der Waals surface area contributed by atoms with Crippen LogP contribution in [0, 0.1) is 0 Å². The highest BCUT2D eigenvalue weighted by atomic mass is 32.2. The molecule has 0 saturated heterocycles.